The van der Waals surface area contributed by atoms with Crippen LogP contribution in [0.4, 0.5) is 0 Å². The highest BCUT2D eigenvalue weighted by molar-refractivity contribution is 5.70. The Balaban J connectivity index is 3.52. The van der Waals surface area contributed by atoms with E-state index in [-0.39, 0.29) is 25.2 Å². The first-order chi connectivity index (χ1) is 32.1. The molecule has 0 spiro atoms. The number of allylic oxidation sites excluding steroid dienone is 14. The number of rotatable bonds is 50. The summed E-state index contributed by atoms with van der Waals surface area (Å²) in [6.07, 6.45) is 76.9. The van der Waals surface area contributed by atoms with Gasteiger partial charge in [0.05, 0.1) is 6.61 Å². The predicted molar refractivity (Wildman–Crippen MR) is 283 cm³/mol. The average molecular weight is 905 g/mol. The highest BCUT2D eigenvalue weighted by Crippen LogP contribution is 2.16. The molecule has 374 valence electrons. The fraction of sp³-hybridized carbons (Fsp3) is 0.733. The molecular weight excluding hydrogens is 801 g/mol. The third kappa shape index (κ3) is 53.6. The van der Waals surface area contributed by atoms with Crippen LogP contribution in [0.15, 0.2) is 85.1 Å². The van der Waals surface area contributed by atoms with Crippen molar-refractivity contribution in [2.24, 2.45) is 0 Å². The molecule has 65 heavy (non-hydrogen) atoms. The molecule has 1 atom stereocenters. The van der Waals surface area contributed by atoms with Crippen LogP contribution in [0.2, 0.25) is 0 Å². The van der Waals surface area contributed by atoms with E-state index in [2.05, 4.69) is 98.9 Å². The fourth-order valence-corrected chi connectivity index (χ4v) is 7.83. The van der Waals surface area contributed by atoms with Gasteiger partial charge in [0.15, 0.2) is 6.10 Å². The topological polar surface area (TPSA) is 72.8 Å². The Morgan fingerprint density at radius 3 is 1.00 bits per heavy atom. The lowest BCUT2D eigenvalue weighted by atomic mass is 10.0. The summed E-state index contributed by atoms with van der Waals surface area (Å²) < 4.78 is 10.7. The van der Waals surface area contributed by atoms with Gasteiger partial charge in [-0.05, 0) is 70.6 Å². The zero-order valence-electron chi connectivity index (χ0n) is 42.7. The van der Waals surface area contributed by atoms with Crippen molar-refractivity contribution in [3.63, 3.8) is 0 Å². The molecule has 0 saturated heterocycles. The van der Waals surface area contributed by atoms with Gasteiger partial charge in [0.1, 0.15) is 6.61 Å². The van der Waals surface area contributed by atoms with Crippen molar-refractivity contribution in [1.29, 1.82) is 0 Å². The Bertz CT molecular complexity index is 1210. The molecule has 0 bridgehead atoms. The second-order valence-electron chi connectivity index (χ2n) is 18.3. The summed E-state index contributed by atoms with van der Waals surface area (Å²) in [7, 11) is 0. The van der Waals surface area contributed by atoms with Crippen molar-refractivity contribution in [2.75, 3.05) is 13.2 Å². The van der Waals surface area contributed by atoms with E-state index in [1.54, 1.807) is 0 Å². The molecular formula is C60H104O5. The monoisotopic (exact) mass is 905 g/mol. The van der Waals surface area contributed by atoms with Gasteiger partial charge in [0.2, 0.25) is 0 Å². The first kappa shape index (κ1) is 62.1. The summed E-state index contributed by atoms with van der Waals surface area (Å²) in [5, 5.41) is 9.64. The lowest BCUT2D eigenvalue weighted by molar-refractivity contribution is -0.161. The summed E-state index contributed by atoms with van der Waals surface area (Å²) in [6.45, 7) is 4.05. The Kier molecular flexibility index (Phi) is 52.9. The number of ether oxygens (including phenoxy) is 2. The molecule has 0 aliphatic rings. The molecule has 0 saturated carbocycles. The van der Waals surface area contributed by atoms with Crippen LogP contribution in [-0.4, -0.2) is 36.4 Å². The predicted octanol–water partition coefficient (Wildman–Crippen LogP) is 18.6. The van der Waals surface area contributed by atoms with E-state index in [9.17, 15) is 14.7 Å². The molecule has 0 heterocycles. The van der Waals surface area contributed by atoms with Crippen LogP contribution >= 0.6 is 0 Å². The molecule has 5 heteroatoms. The van der Waals surface area contributed by atoms with E-state index in [0.717, 1.165) is 83.5 Å². The molecule has 0 aromatic carbocycles. The molecule has 0 fully saturated rings. The Labute approximate surface area is 403 Å². The Morgan fingerprint density at radius 1 is 0.369 bits per heavy atom. The second-order valence-corrected chi connectivity index (χ2v) is 18.3. The SMILES string of the molecule is CC/C=C\C/C=C\C/C=C\C/C=C\C/C=C\C/C=C\C/C=C\CCCCCCCCCCCCCC(=O)OC(CO)COC(=O)CCCCCCCCCCCCCCCCCCCC. The van der Waals surface area contributed by atoms with E-state index >= 15 is 0 Å². The number of aliphatic hydroxyl groups excluding tert-OH is 1. The average Bonchev–Trinajstić information content (AvgIpc) is 3.31. The number of carbonyl (C=O) groups is 2. The first-order valence-corrected chi connectivity index (χ1v) is 27.6. The lowest BCUT2D eigenvalue weighted by Gasteiger charge is -2.15. The van der Waals surface area contributed by atoms with Crippen LogP contribution < -0.4 is 0 Å². The normalized spacial score (nSPS) is 12.8. The van der Waals surface area contributed by atoms with Crippen molar-refractivity contribution in [2.45, 2.75) is 270 Å². The van der Waals surface area contributed by atoms with Crippen LogP contribution in [0.5, 0.6) is 0 Å². The van der Waals surface area contributed by atoms with Gasteiger partial charge >= 0.3 is 11.9 Å². The maximum absolute atomic E-state index is 12.3. The van der Waals surface area contributed by atoms with Crippen LogP contribution in [0.3, 0.4) is 0 Å². The molecule has 0 aliphatic heterocycles. The van der Waals surface area contributed by atoms with Crippen molar-refractivity contribution >= 4 is 11.9 Å². The summed E-state index contributed by atoms with van der Waals surface area (Å²) in [5.74, 6) is -0.587. The zero-order chi connectivity index (χ0) is 47.0. The van der Waals surface area contributed by atoms with Gasteiger partial charge < -0.3 is 14.6 Å². The quantitative estimate of drug-likeness (QED) is 0.0374. The van der Waals surface area contributed by atoms with Crippen molar-refractivity contribution in [1.82, 2.24) is 0 Å². The van der Waals surface area contributed by atoms with E-state index in [1.807, 2.05) is 0 Å². The molecule has 1 N–H and O–H groups in total. The van der Waals surface area contributed by atoms with Gasteiger partial charge in [0.25, 0.3) is 0 Å². The molecule has 0 rings (SSSR count). The molecule has 1 unspecified atom stereocenters. The number of hydrogen-bond acceptors (Lipinski definition) is 5. The highest BCUT2D eigenvalue weighted by Gasteiger charge is 2.16. The van der Waals surface area contributed by atoms with Crippen LogP contribution in [0.1, 0.15) is 264 Å². The molecule has 0 aromatic rings. The van der Waals surface area contributed by atoms with E-state index < -0.39 is 6.10 Å². The van der Waals surface area contributed by atoms with E-state index in [0.29, 0.717) is 12.8 Å². The zero-order valence-corrected chi connectivity index (χ0v) is 42.7. The third-order valence-corrected chi connectivity index (χ3v) is 12.0. The van der Waals surface area contributed by atoms with Gasteiger partial charge in [-0.3, -0.25) is 9.59 Å². The smallest absolute Gasteiger partial charge is 0.306 e. The Morgan fingerprint density at radius 2 is 0.662 bits per heavy atom. The molecule has 0 aliphatic carbocycles. The fourth-order valence-electron chi connectivity index (χ4n) is 7.83. The summed E-state index contributed by atoms with van der Waals surface area (Å²) in [6, 6.07) is 0. The minimum atomic E-state index is -0.776. The maximum atomic E-state index is 12.3. The number of hydrogen-bond donors (Lipinski definition) is 1. The Hall–Kier alpha value is -2.92. The molecule has 0 aromatic heterocycles. The second kappa shape index (κ2) is 55.4. The van der Waals surface area contributed by atoms with Crippen molar-refractivity contribution in [3.05, 3.63) is 85.1 Å². The molecule has 0 radical (unpaired) electrons. The minimum Gasteiger partial charge on any atom is -0.462 e. The summed E-state index contributed by atoms with van der Waals surface area (Å²) in [4.78, 5) is 24.5. The lowest BCUT2D eigenvalue weighted by Crippen LogP contribution is -2.28. The third-order valence-electron chi connectivity index (χ3n) is 12.0. The van der Waals surface area contributed by atoms with E-state index in [4.69, 9.17) is 9.47 Å². The van der Waals surface area contributed by atoms with Crippen LogP contribution in [0, 0.1) is 0 Å². The van der Waals surface area contributed by atoms with Gasteiger partial charge in [-0.15, -0.1) is 0 Å². The van der Waals surface area contributed by atoms with Gasteiger partial charge in [-0.2, -0.15) is 0 Å². The van der Waals surface area contributed by atoms with Gasteiger partial charge in [0, 0.05) is 12.8 Å². The molecule has 0 amide bonds. The number of unbranched alkanes of at least 4 members (excludes halogenated alkanes) is 28. The van der Waals surface area contributed by atoms with Gasteiger partial charge in [-0.1, -0.05) is 266 Å². The summed E-state index contributed by atoms with van der Waals surface area (Å²) >= 11 is 0. The highest BCUT2D eigenvalue weighted by atomic mass is 16.6. The maximum Gasteiger partial charge on any atom is 0.306 e. The number of aliphatic hydroxyl groups is 1. The standard InChI is InChI=1S/C60H104O5/c1-3-5-7-9-11-13-15-17-19-21-23-24-25-26-27-28-29-30-31-32-33-34-35-36-37-39-41-43-45-47-49-51-53-55-60(63)65-58(56-61)57-64-59(62)54-52-50-48-46-44-42-40-38-22-20-18-16-14-12-10-8-6-4-2/h5,7,11,13,17,19,23-24,26-27,29-30,32-33,58,61H,3-4,6,8-10,12,14-16,18,20-22,25,28,31,34-57H2,1-2H3/b7-5-,13-11-,19-17-,24-23-,27-26-,30-29-,33-32-. The number of carbonyl (C=O) groups excluding carboxylic acids is 2. The van der Waals surface area contributed by atoms with E-state index in [1.165, 1.54) is 154 Å². The van der Waals surface area contributed by atoms with Crippen molar-refractivity contribution in [3.8, 4) is 0 Å². The minimum absolute atomic E-state index is 0.0666. The van der Waals surface area contributed by atoms with Gasteiger partial charge in [-0.25, -0.2) is 0 Å². The van der Waals surface area contributed by atoms with Crippen LogP contribution in [-0.2, 0) is 19.1 Å². The van der Waals surface area contributed by atoms with Crippen molar-refractivity contribution < 1.29 is 24.2 Å². The number of esters is 2. The first-order valence-electron chi connectivity index (χ1n) is 27.6. The summed E-state index contributed by atoms with van der Waals surface area (Å²) in [5.41, 5.74) is 0. The molecule has 5 nitrogen and oxygen atoms in total. The van der Waals surface area contributed by atoms with Crippen LogP contribution in [0.25, 0.3) is 0 Å². The largest absolute Gasteiger partial charge is 0.462 e.